The summed E-state index contributed by atoms with van der Waals surface area (Å²) in [4.78, 5) is 3.92. The van der Waals surface area contributed by atoms with E-state index < -0.39 is 13.5 Å². The molecule has 0 fully saturated rings. The molecule has 2 nitrogen and oxygen atoms in total. The zero-order chi connectivity index (χ0) is 22.4. The molecule has 1 aliphatic heterocycles. The molecule has 0 aromatic heterocycles. The average Bonchev–Trinajstić information content (AvgIpc) is 2.95. The number of nitrogens with zero attached hydrogens (tertiary/aromatic N) is 1. The van der Waals surface area contributed by atoms with Gasteiger partial charge in [0.1, 0.15) is 0 Å². The summed E-state index contributed by atoms with van der Waals surface area (Å²) in [6, 6.07) is 8.36. The van der Waals surface area contributed by atoms with E-state index in [0.29, 0.717) is 6.04 Å². The van der Waals surface area contributed by atoms with E-state index in [-0.39, 0.29) is 6.10 Å². The van der Waals surface area contributed by atoms with E-state index in [2.05, 4.69) is 51.5 Å². The van der Waals surface area contributed by atoms with Gasteiger partial charge in [0.15, 0.2) is 0 Å². The van der Waals surface area contributed by atoms with Crippen molar-refractivity contribution >= 4 is 35.8 Å². The van der Waals surface area contributed by atoms with Gasteiger partial charge in [-0.15, -0.1) is 0 Å². The van der Waals surface area contributed by atoms with Gasteiger partial charge in [0.05, 0.1) is 0 Å². The minimum absolute atomic E-state index is 0.163. The van der Waals surface area contributed by atoms with Crippen molar-refractivity contribution < 1.29 is 18.3 Å². The van der Waals surface area contributed by atoms with Crippen LogP contribution in [0.25, 0.3) is 0 Å². The molecule has 1 aromatic rings. The summed E-state index contributed by atoms with van der Waals surface area (Å²) in [5.74, 6) is 4.63. The molecule has 1 aliphatic carbocycles. The van der Waals surface area contributed by atoms with Gasteiger partial charge >= 0.3 is 97.8 Å². The van der Waals surface area contributed by atoms with Crippen LogP contribution in [0, 0.1) is 17.7 Å². The molecular formula is C24H34Cl2NORuS-. The topological polar surface area (TPSA) is 12.5 Å². The predicted octanol–water partition coefficient (Wildman–Crippen LogP) is 7.95. The van der Waals surface area contributed by atoms with Gasteiger partial charge < -0.3 is 4.90 Å². The van der Waals surface area contributed by atoms with Crippen molar-refractivity contribution in [3.63, 3.8) is 0 Å². The molecule has 0 bridgehead atoms. The summed E-state index contributed by atoms with van der Waals surface area (Å²) < 4.78 is 7.51. The molecular weight excluding hydrogens is 522 g/mol. The molecule has 0 spiro atoms. The number of hydrogen-bond donors (Lipinski definition) is 0. The first-order chi connectivity index (χ1) is 14.1. The third-order valence-corrected chi connectivity index (χ3v) is 8.12. The molecule has 6 heteroatoms. The molecule has 1 aromatic carbocycles. The van der Waals surface area contributed by atoms with Crippen LogP contribution in [0.5, 0.6) is 5.75 Å². The minimum atomic E-state index is -1.77. The Kier molecular flexibility index (Phi) is 10.5. The SMILES string of the molecule is CC(C)Oc1ccccc1[CH]=[Ru]([Cl])[Cl].CC1=C[C@@H](C)CC(C)[C@H]1N1[CH-]SC(C)=C1C. The number of halogens is 2. The van der Waals surface area contributed by atoms with Gasteiger partial charge in [-0.2, -0.15) is 5.88 Å². The Hall–Kier alpha value is -0.277. The van der Waals surface area contributed by atoms with Crippen molar-refractivity contribution in [1.29, 1.82) is 0 Å². The number of thioether (sulfide) groups is 1. The zero-order valence-electron chi connectivity index (χ0n) is 18.9. The van der Waals surface area contributed by atoms with Gasteiger partial charge in [-0.25, -0.2) is 0 Å². The molecule has 0 N–H and O–H groups in total. The second-order valence-electron chi connectivity index (χ2n) is 8.33. The molecule has 3 rings (SSSR count). The van der Waals surface area contributed by atoms with Crippen LogP contribution in [-0.4, -0.2) is 21.7 Å². The van der Waals surface area contributed by atoms with E-state index in [9.17, 15) is 0 Å². The van der Waals surface area contributed by atoms with E-state index in [1.807, 2.05) is 54.5 Å². The molecule has 2 aliphatic rings. The summed E-state index contributed by atoms with van der Waals surface area (Å²) in [7, 11) is 11.6. The number of ether oxygens (including phenoxy) is 1. The number of benzene rings is 1. The summed E-state index contributed by atoms with van der Waals surface area (Å²) in [6.45, 7) is 15.4. The molecule has 1 unspecified atom stereocenters. The Morgan fingerprint density at radius 1 is 1.20 bits per heavy atom. The fourth-order valence-corrected chi connectivity index (χ4v) is 6.68. The fourth-order valence-electron chi connectivity index (χ4n) is 4.04. The van der Waals surface area contributed by atoms with Gasteiger partial charge in [-0.1, -0.05) is 25.5 Å². The van der Waals surface area contributed by atoms with Crippen LogP contribution in [0.3, 0.4) is 0 Å². The Balaban J connectivity index is 0.000000216. The second kappa shape index (κ2) is 12.1. The van der Waals surface area contributed by atoms with Crippen LogP contribution in [-0.2, 0) is 13.5 Å². The zero-order valence-corrected chi connectivity index (χ0v) is 23.0. The van der Waals surface area contributed by atoms with E-state index in [1.54, 1.807) is 0 Å². The maximum absolute atomic E-state index is 5.82. The maximum Gasteiger partial charge on any atom is 0.0247 e. The van der Waals surface area contributed by atoms with Crippen molar-refractivity contribution in [3.8, 4) is 5.75 Å². The van der Waals surface area contributed by atoms with Crippen molar-refractivity contribution in [2.45, 2.75) is 67.0 Å². The summed E-state index contributed by atoms with van der Waals surface area (Å²) >= 11 is 0.0950. The summed E-state index contributed by atoms with van der Waals surface area (Å²) in [5, 5.41) is 0. The molecule has 1 heterocycles. The van der Waals surface area contributed by atoms with Crippen LogP contribution in [0.4, 0.5) is 0 Å². The van der Waals surface area contributed by atoms with Gasteiger partial charge in [0, 0.05) is 6.04 Å². The first kappa shape index (κ1) is 26.0. The smallest absolute Gasteiger partial charge is 0.0247 e. The predicted molar refractivity (Wildman–Crippen MR) is 132 cm³/mol. The largest absolute Gasteiger partial charge is 0.509 e. The minimum Gasteiger partial charge on any atom is -0.509 e. The van der Waals surface area contributed by atoms with E-state index in [1.165, 1.54) is 22.6 Å². The first-order valence-electron chi connectivity index (χ1n) is 10.3. The van der Waals surface area contributed by atoms with E-state index in [4.69, 9.17) is 24.1 Å². The van der Waals surface area contributed by atoms with Crippen LogP contribution >= 0.6 is 31.1 Å². The van der Waals surface area contributed by atoms with Crippen LogP contribution in [0.2, 0.25) is 0 Å². The van der Waals surface area contributed by atoms with E-state index >= 15 is 0 Å². The Morgan fingerprint density at radius 3 is 2.40 bits per heavy atom. The van der Waals surface area contributed by atoms with E-state index in [0.717, 1.165) is 23.1 Å². The van der Waals surface area contributed by atoms with Crippen LogP contribution < -0.4 is 4.74 Å². The second-order valence-corrected chi connectivity index (χ2v) is 15.1. The molecule has 30 heavy (non-hydrogen) atoms. The molecule has 3 atom stereocenters. The third-order valence-electron chi connectivity index (χ3n) is 5.30. The monoisotopic (exact) mass is 556 g/mol. The molecule has 0 radical (unpaired) electrons. The Morgan fingerprint density at radius 2 is 1.87 bits per heavy atom. The van der Waals surface area contributed by atoms with Crippen LogP contribution in [0.1, 0.15) is 60.5 Å². The first-order valence-corrected chi connectivity index (χ1v) is 16.7. The van der Waals surface area contributed by atoms with Gasteiger partial charge in [-0.3, -0.25) is 11.8 Å². The molecule has 0 saturated heterocycles. The number of rotatable bonds is 4. The number of para-hydroxylation sites is 1. The van der Waals surface area contributed by atoms with Crippen molar-refractivity contribution in [3.05, 3.63) is 58.0 Å². The average molecular weight is 557 g/mol. The Labute approximate surface area is 200 Å². The third kappa shape index (κ3) is 7.40. The quantitative estimate of drug-likeness (QED) is 0.212. The van der Waals surface area contributed by atoms with Crippen molar-refractivity contribution in [2.24, 2.45) is 11.8 Å². The number of hydrogen-bond acceptors (Lipinski definition) is 3. The van der Waals surface area contributed by atoms with Crippen LogP contribution in [0.15, 0.2) is 46.5 Å². The standard InChI is InChI=1S/C14H22NS.C10H12O.2ClH.Ru/c1-9-6-10(2)14(11(3)7-9)15-8-16-13(5)12(15)4;1-8(2)11-10-7-5-4-6-9(10)3;;;/h6,8-9,11,14H,7H2,1-5H3;3-8H,1-2H3;2*1H;/q-1;;;;+2/p-2/t9-,11?,14+;;;;/m1..../s1. The van der Waals surface area contributed by atoms with Crippen molar-refractivity contribution in [1.82, 2.24) is 4.90 Å². The van der Waals surface area contributed by atoms with Gasteiger partial charge in [0.25, 0.3) is 0 Å². The summed E-state index contributed by atoms with van der Waals surface area (Å²) in [5.41, 5.74) is 3.96. The molecule has 0 saturated carbocycles. The van der Waals surface area contributed by atoms with Crippen molar-refractivity contribution in [2.75, 3.05) is 0 Å². The van der Waals surface area contributed by atoms with Gasteiger partial charge in [-0.05, 0) is 49.6 Å². The maximum atomic E-state index is 5.82. The fraction of sp³-hybridized carbons (Fsp3) is 0.500. The number of allylic oxidation sites excluding steroid dienone is 3. The summed E-state index contributed by atoms with van der Waals surface area (Å²) in [6.07, 6.45) is 3.92. The molecule has 0 amide bonds. The molecule has 170 valence electrons. The normalized spacial score (nSPS) is 24.3. The van der Waals surface area contributed by atoms with Gasteiger partial charge in [0.2, 0.25) is 0 Å². The Bertz CT molecular complexity index is 817.